The molecule has 2 heterocycles. The van der Waals surface area contributed by atoms with Crippen molar-refractivity contribution in [2.75, 3.05) is 18.1 Å². The monoisotopic (exact) mass is 192 g/mol. The van der Waals surface area contributed by atoms with Crippen molar-refractivity contribution in [2.45, 2.75) is 26.3 Å². The molecule has 76 valence electrons. The number of hydrogen-bond acceptors (Lipinski definition) is 3. The van der Waals surface area contributed by atoms with E-state index in [0.717, 1.165) is 31.1 Å². The van der Waals surface area contributed by atoms with Crippen LogP contribution in [0.3, 0.4) is 0 Å². The summed E-state index contributed by atoms with van der Waals surface area (Å²) in [6.45, 7) is 6.15. The van der Waals surface area contributed by atoms with Gasteiger partial charge in [-0.15, -0.1) is 0 Å². The summed E-state index contributed by atoms with van der Waals surface area (Å²) in [6.07, 6.45) is 2.92. The van der Waals surface area contributed by atoms with Crippen molar-refractivity contribution in [3.8, 4) is 5.88 Å². The smallest absolute Gasteiger partial charge is 0.237 e. The molecule has 14 heavy (non-hydrogen) atoms. The van der Waals surface area contributed by atoms with Crippen LogP contribution >= 0.6 is 0 Å². The van der Waals surface area contributed by atoms with Gasteiger partial charge in [0, 0.05) is 12.2 Å². The predicted octanol–water partition coefficient (Wildman–Crippen LogP) is 2.08. The lowest BCUT2D eigenvalue weighted by Crippen LogP contribution is -2.39. The van der Waals surface area contributed by atoms with E-state index >= 15 is 0 Å². The molecule has 3 nitrogen and oxygen atoms in total. The number of ether oxygens (including phenoxy) is 1. The zero-order chi connectivity index (χ0) is 9.97. The van der Waals surface area contributed by atoms with E-state index in [-0.39, 0.29) is 0 Å². The minimum Gasteiger partial charge on any atom is -0.474 e. The summed E-state index contributed by atoms with van der Waals surface area (Å²) < 4.78 is 5.50. The highest BCUT2D eigenvalue weighted by Gasteiger charge is 2.21. The van der Waals surface area contributed by atoms with Gasteiger partial charge in [0.15, 0.2) is 0 Å². The zero-order valence-corrected chi connectivity index (χ0v) is 8.73. The summed E-state index contributed by atoms with van der Waals surface area (Å²) >= 11 is 0. The first-order chi connectivity index (χ1) is 6.83. The molecule has 0 aromatic carbocycles. The fourth-order valence-corrected chi connectivity index (χ4v) is 1.75. The average molecular weight is 192 g/mol. The van der Waals surface area contributed by atoms with Crippen LogP contribution in [0, 0.1) is 0 Å². The van der Waals surface area contributed by atoms with Crippen molar-refractivity contribution in [2.24, 2.45) is 0 Å². The van der Waals surface area contributed by atoms with E-state index < -0.39 is 0 Å². The Balaban J connectivity index is 2.30. The van der Waals surface area contributed by atoms with Gasteiger partial charge in [-0.1, -0.05) is 6.92 Å². The molecule has 1 aliphatic rings. The van der Waals surface area contributed by atoms with E-state index in [1.165, 1.54) is 0 Å². The number of anilines is 1. The van der Waals surface area contributed by atoms with Crippen molar-refractivity contribution in [1.82, 2.24) is 4.98 Å². The van der Waals surface area contributed by atoms with Gasteiger partial charge < -0.3 is 9.64 Å². The van der Waals surface area contributed by atoms with E-state index in [0.29, 0.717) is 6.04 Å². The maximum Gasteiger partial charge on any atom is 0.237 e. The SMILES string of the molecule is CCC(C)N1CCOc2ncccc21. The molecule has 0 amide bonds. The van der Waals surface area contributed by atoms with Gasteiger partial charge in [-0.3, -0.25) is 0 Å². The molecule has 1 aromatic heterocycles. The number of hydrogen-bond donors (Lipinski definition) is 0. The molecule has 0 fully saturated rings. The first-order valence-electron chi connectivity index (χ1n) is 5.17. The average Bonchev–Trinajstić information content (AvgIpc) is 2.27. The Kier molecular flexibility index (Phi) is 2.57. The largest absolute Gasteiger partial charge is 0.474 e. The van der Waals surface area contributed by atoms with Gasteiger partial charge in [0.25, 0.3) is 0 Å². The Hall–Kier alpha value is -1.25. The third-order valence-corrected chi connectivity index (χ3v) is 2.75. The zero-order valence-electron chi connectivity index (χ0n) is 8.73. The first kappa shape index (κ1) is 9.31. The van der Waals surface area contributed by atoms with Gasteiger partial charge in [0.1, 0.15) is 12.3 Å². The molecule has 0 bridgehead atoms. The molecule has 0 radical (unpaired) electrons. The minimum atomic E-state index is 0.557. The number of fused-ring (bicyclic) bond motifs is 1. The first-order valence-corrected chi connectivity index (χ1v) is 5.17. The molecule has 1 unspecified atom stereocenters. The number of pyridine rings is 1. The van der Waals surface area contributed by atoms with Gasteiger partial charge in [-0.25, -0.2) is 4.98 Å². The third-order valence-electron chi connectivity index (χ3n) is 2.75. The molecule has 1 aliphatic heterocycles. The Labute approximate surface area is 84.7 Å². The van der Waals surface area contributed by atoms with Gasteiger partial charge in [0.05, 0.1) is 6.54 Å². The van der Waals surface area contributed by atoms with Crippen LogP contribution in [0.2, 0.25) is 0 Å². The highest BCUT2D eigenvalue weighted by Crippen LogP contribution is 2.30. The maximum atomic E-state index is 5.50. The molecule has 1 aromatic rings. The summed E-state index contributed by atoms with van der Waals surface area (Å²) in [7, 11) is 0. The Morgan fingerprint density at radius 2 is 2.50 bits per heavy atom. The van der Waals surface area contributed by atoms with Gasteiger partial charge in [0.2, 0.25) is 5.88 Å². The fraction of sp³-hybridized carbons (Fsp3) is 0.545. The Morgan fingerprint density at radius 3 is 3.29 bits per heavy atom. The van der Waals surface area contributed by atoms with E-state index in [4.69, 9.17) is 4.74 Å². The standard InChI is InChI=1S/C11H16N2O/c1-3-9(2)13-7-8-14-11-10(13)5-4-6-12-11/h4-6,9H,3,7-8H2,1-2H3. The predicted molar refractivity (Wildman–Crippen MR) is 56.8 cm³/mol. The third kappa shape index (κ3) is 1.54. The topological polar surface area (TPSA) is 25.4 Å². The van der Waals surface area contributed by atoms with Crippen LogP contribution < -0.4 is 9.64 Å². The molecule has 0 saturated carbocycles. The van der Waals surface area contributed by atoms with Crippen molar-refractivity contribution in [1.29, 1.82) is 0 Å². The van der Waals surface area contributed by atoms with E-state index in [2.05, 4.69) is 29.8 Å². The molecular formula is C11H16N2O. The second-order valence-corrected chi connectivity index (χ2v) is 3.63. The summed E-state index contributed by atoms with van der Waals surface area (Å²) in [6, 6.07) is 4.60. The molecular weight excluding hydrogens is 176 g/mol. The maximum absolute atomic E-state index is 5.50. The van der Waals surface area contributed by atoms with E-state index in [1.54, 1.807) is 6.20 Å². The molecule has 0 aliphatic carbocycles. The molecule has 0 saturated heterocycles. The minimum absolute atomic E-state index is 0.557. The number of nitrogens with zero attached hydrogens (tertiary/aromatic N) is 2. The quantitative estimate of drug-likeness (QED) is 0.717. The van der Waals surface area contributed by atoms with Crippen LogP contribution in [-0.2, 0) is 0 Å². The fourth-order valence-electron chi connectivity index (χ4n) is 1.75. The van der Waals surface area contributed by atoms with Gasteiger partial charge >= 0.3 is 0 Å². The summed E-state index contributed by atoms with van der Waals surface area (Å²) in [4.78, 5) is 6.59. The Morgan fingerprint density at radius 1 is 1.64 bits per heavy atom. The summed E-state index contributed by atoms with van der Waals surface area (Å²) in [5.41, 5.74) is 1.13. The number of rotatable bonds is 2. The molecule has 1 atom stereocenters. The van der Waals surface area contributed by atoms with Crippen molar-refractivity contribution in [3.63, 3.8) is 0 Å². The van der Waals surface area contributed by atoms with Crippen molar-refractivity contribution < 1.29 is 4.74 Å². The Bertz CT molecular complexity index is 314. The summed E-state index contributed by atoms with van der Waals surface area (Å²) in [5.74, 6) is 0.777. The second-order valence-electron chi connectivity index (χ2n) is 3.63. The van der Waals surface area contributed by atoms with Crippen molar-refractivity contribution >= 4 is 5.69 Å². The van der Waals surface area contributed by atoms with Crippen LogP contribution in [0.4, 0.5) is 5.69 Å². The van der Waals surface area contributed by atoms with Crippen LogP contribution in [0.5, 0.6) is 5.88 Å². The molecule has 3 heteroatoms. The lowest BCUT2D eigenvalue weighted by atomic mass is 10.2. The lowest BCUT2D eigenvalue weighted by molar-refractivity contribution is 0.289. The number of aromatic nitrogens is 1. The lowest BCUT2D eigenvalue weighted by Gasteiger charge is -2.34. The summed E-state index contributed by atoms with van der Waals surface area (Å²) in [5, 5.41) is 0. The van der Waals surface area contributed by atoms with Crippen LogP contribution in [0.25, 0.3) is 0 Å². The molecule has 0 N–H and O–H groups in total. The van der Waals surface area contributed by atoms with E-state index in [9.17, 15) is 0 Å². The molecule has 0 spiro atoms. The van der Waals surface area contributed by atoms with Gasteiger partial charge in [-0.05, 0) is 25.5 Å². The second kappa shape index (κ2) is 3.86. The molecule has 2 rings (SSSR count). The normalized spacial score (nSPS) is 17.1. The van der Waals surface area contributed by atoms with Gasteiger partial charge in [-0.2, -0.15) is 0 Å². The highest BCUT2D eigenvalue weighted by atomic mass is 16.5. The van der Waals surface area contributed by atoms with Crippen molar-refractivity contribution in [3.05, 3.63) is 18.3 Å². The van der Waals surface area contributed by atoms with Crippen LogP contribution in [0.1, 0.15) is 20.3 Å². The van der Waals surface area contributed by atoms with Crippen LogP contribution in [0.15, 0.2) is 18.3 Å². The van der Waals surface area contributed by atoms with Crippen LogP contribution in [-0.4, -0.2) is 24.2 Å². The van der Waals surface area contributed by atoms with E-state index in [1.807, 2.05) is 6.07 Å². The highest BCUT2D eigenvalue weighted by molar-refractivity contribution is 5.56.